The van der Waals surface area contributed by atoms with E-state index >= 15 is 0 Å². The van der Waals surface area contributed by atoms with Crippen LogP contribution in [0.2, 0.25) is 0 Å². The van der Waals surface area contributed by atoms with Gasteiger partial charge in [0.15, 0.2) is 11.0 Å². The Balaban J connectivity index is 2.37. The standard InChI is InChI=1S/C18H16N4O3S/c1-11-8-21(15(9-26-10-19)12(2)16(11)25-3)17-20-13-6-4-5-7-14(13)22(17)18(23)24/h4-8H,9H2,1-3H3/p+1. The number of nitrogens with zero attached hydrogens (tertiary/aromatic N) is 4. The van der Waals surface area contributed by atoms with E-state index in [1.807, 2.05) is 19.9 Å². The maximum absolute atomic E-state index is 11.9. The van der Waals surface area contributed by atoms with E-state index < -0.39 is 6.09 Å². The van der Waals surface area contributed by atoms with Crippen molar-refractivity contribution in [1.29, 1.82) is 5.26 Å². The average molecular weight is 369 g/mol. The molecule has 2 aromatic heterocycles. The quantitative estimate of drug-likeness (QED) is 0.561. The van der Waals surface area contributed by atoms with Crippen molar-refractivity contribution in [2.45, 2.75) is 19.6 Å². The lowest BCUT2D eigenvalue weighted by Crippen LogP contribution is -2.41. The Hall–Kier alpha value is -3.05. The number of thiocyanates is 1. The summed E-state index contributed by atoms with van der Waals surface area (Å²) in [7, 11) is 1.59. The summed E-state index contributed by atoms with van der Waals surface area (Å²) in [5, 5.41) is 20.8. The maximum Gasteiger partial charge on any atom is 0.481 e. The van der Waals surface area contributed by atoms with Crippen LogP contribution in [0.1, 0.15) is 16.8 Å². The number of rotatable bonds is 4. The number of pyridine rings is 1. The van der Waals surface area contributed by atoms with Gasteiger partial charge in [-0.2, -0.15) is 5.26 Å². The number of aryl methyl sites for hydroxylation is 1. The number of fused-ring (bicyclic) bond motifs is 1. The van der Waals surface area contributed by atoms with E-state index in [1.54, 1.807) is 36.1 Å². The fourth-order valence-corrected chi connectivity index (χ4v) is 3.63. The van der Waals surface area contributed by atoms with Crippen molar-refractivity contribution in [2.24, 2.45) is 0 Å². The van der Waals surface area contributed by atoms with Crippen molar-refractivity contribution >= 4 is 28.9 Å². The van der Waals surface area contributed by atoms with E-state index in [1.165, 1.54) is 0 Å². The number of hydrogen-bond acceptors (Lipinski definition) is 5. The summed E-state index contributed by atoms with van der Waals surface area (Å²) in [6, 6.07) is 7.07. The first-order chi connectivity index (χ1) is 12.5. The number of benzene rings is 1. The molecule has 0 saturated heterocycles. The monoisotopic (exact) mass is 369 g/mol. The van der Waals surface area contributed by atoms with Crippen LogP contribution < -0.4 is 9.30 Å². The van der Waals surface area contributed by atoms with Gasteiger partial charge in [0.2, 0.25) is 0 Å². The number of ether oxygens (including phenoxy) is 1. The Morgan fingerprint density at radius 3 is 2.81 bits per heavy atom. The van der Waals surface area contributed by atoms with Crippen LogP contribution in [0, 0.1) is 24.5 Å². The fourth-order valence-electron chi connectivity index (χ4n) is 3.07. The zero-order chi connectivity index (χ0) is 18.8. The van der Waals surface area contributed by atoms with Crippen molar-refractivity contribution in [1.82, 2.24) is 9.55 Å². The lowest BCUT2D eigenvalue weighted by molar-refractivity contribution is -0.612. The van der Waals surface area contributed by atoms with Crippen molar-refractivity contribution in [3.63, 3.8) is 0 Å². The number of aromatic nitrogens is 3. The maximum atomic E-state index is 11.9. The van der Waals surface area contributed by atoms with Gasteiger partial charge in [-0.1, -0.05) is 17.1 Å². The normalized spacial score (nSPS) is 10.7. The number of nitriles is 1. The number of carboxylic acid groups (broad SMARTS) is 1. The Bertz CT molecular complexity index is 1050. The Labute approximate surface area is 154 Å². The summed E-state index contributed by atoms with van der Waals surface area (Å²) in [4.78, 5) is 16.4. The molecule has 26 heavy (non-hydrogen) atoms. The predicted molar refractivity (Wildman–Crippen MR) is 97.6 cm³/mol. The van der Waals surface area contributed by atoms with E-state index in [4.69, 9.17) is 10.00 Å². The number of hydrogen-bond donors (Lipinski definition) is 1. The third-order valence-electron chi connectivity index (χ3n) is 4.17. The molecule has 0 saturated carbocycles. The first-order valence-electron chi connectivity index (χ1n) is 7.80. The molecule has 2 heterocycles. The minimum atomic E-state index is -1.12. The Kier molecular flexibility index (Phi) is 4.82. The molecule has 1 N–H and O–H groups in total. The summed E-state index contributed by atoms with van der Waals surface area (Å²) in [6.07, 6.45) is 0.672. The van der Waals surface area contributed by atoms with Crippen LogP contribution in [0.3, 0.4) is 0 Å². The van der Waals surface area contributed by atoms with Gasteiger partial charge in [0, 0.05) is 11.1 Å². The smallest absolute Gasteiger partial charge is 0.481 e. The lowest BCUT2D eigenvalue weighted by atomic mass is 10.1. The van der Waals surface area contributed by atoms with Crippen LogP contribution >= 0.6 is 11.8 Å². The molecule has 0 aliphatic carbocycles. The third kappa shape index (κ3) is 2.86. The van der Waals surface area contributed by atoms with Crippen LogP contribution in [0.4, 0.5) is 4.79 Å². The molecule has 0 aliphatic rings. The highest BCUT2D eigenvalue weighted by Gasteiger charge is 2.30. The van der Waals surface area contributed by atoms with Crippen molar-refractivity contribution < 1.29 is 19.2 Å². The highest BCUT2D eigenvalue weighted by atomic mass is 32.2. The minimum Gasteiger partial charge on any atom is -0.496 e. The van der Waals surface area contributed by atoms with Gasteiger partial charge < -0.3 is 9.84 Å². The molecule has 0 amide bonds. The summed E-state index contributed by atoms with van der Waals surface area (Å²) in [5.41, 5.74) is 3.55. The second-order valence-corrected chi connectivity index (χ2v) is 6.45. The summed E-state index contributed by atoms with van der Waals surface area (Å²) < 4.78 is 8.36. The van der Waals surface area contributed by atoms with Crippen LogP contribution in [0.25, 0.3) is 17.0 Å². The van der Waals surface area contributed by atoms with Gasteiger partial charge in [0.25, 0.3) is 0 Å². The number of carbonyl (C=O) groups is 1. The molecule has 8 heteroatoms. The second kappa shape index (κ2) is 7.06. The van der Waals surface area contributed by atoms with E-state index in [0.29, 0.717) is 22.5 Å². The molecule has 1 aromatic carbocycles. The van der Waals surface area contributed by atoms with E-state index in [0.717, 1.165) is 33.1 Å². The number of para-hydroxylation sites is 2. The molecule has 0 spiro atoms. The van der Waals surface area contributed by atoms with Gasteiger partial charge in [-0.25, -0.2) is 9.36 Å². The zero-order valence-corrected chi connectivity index (χ0v) is 15.4. The summed E-state index contributed by atoms with van der Waals surface area (Å²) in [5.74, 6) is 1.36. The highest BCUT2D eigenvalue weighted by molar-refractivity contribution is 8.02. The van der Waals surface area contributed by atoms with Crippen LogP contribution in [0.5, 0.6) is 5.75 Å². The lowest BCUT2D eigenvalue weighted by Gasteiger charge is -2.14. The van der Waals surface area contributed by atoms with Crippen LogP contribution in [-0.4, -0.2) is 27.9 Å². The number of methoxy groups -OCH3 is 1. The van der Waals surface area contributed by atoms with E-state index in [9.17, 15) is 9.90 Å². The molecule has 0 aliphatic heterocycles. The first kappa shape index (κ1) is 17.8. The molecule has 0 unspecified atom stereocenters. The SMILES string of the molecule is COc1c(C)c[n+](-c2nc3ccccc3n2C(=O)O)c(CSC#N)c1C. The Morgan fingerprint density at radius 1 is 1.42 bits per heavy atom. The van der Waals surface area contributed by atoms with Crippen molar-refractivity contribution in [2.75, 3.05) is 7.11 Å². The van der Waals surface area contributed by atoms with Crippen LogP contribution in [-0.2, 0) is 5.75 Å². The van der Waals surface area contributed by atoms with Gasteiger partial charge in [-0.3, -0.25) is 0 Å². The Morgan fingerprint density at radius 2 is 2.15 bits per heavy atom. The topological polar surface area (TPSA) is 92.0 Å². The molecule has 132 valence electrons. The molecule has 3 rings (SSSR count). The zero-order valence-electron chi connectivity index (χ0n) is 14.6. The molecule has 3 aromatic rings. The molecule has 0 bridgehead atoms. The second-order valence-electron chi connectivity index (χ2n) is 5.69. The molecule has 0 radical (unpaired) electrons. The van der Waals surface area contributed by atoms with Gasteiger partial charge in [-0.15, -0.1) is 4.57 Å². The van der Waals surface area contributed by atoms with Gasteiger partial charge in [-0.05, 0) is 37.7 Å². The molecule has 7 nitrogen and oxygen atoms in total. The number of thioether (sulfide) groups is 1. The summed E-state index contributed by atoms with van der Waals surface area (Å²) in [6.45, 7) is 3.78. The van der Waals surface area contributed by atoms with Gasteiger partial charge >= 0.3 is 12.0 Å². The largest absolute Gasteiger partial charge is 0.496 e. The first-order valence-corrected chi connectivity index (χ1v) is 8.79. The van der Waals surface area contributed by atoms with Crippen molar-refractivity contribution in [3.8, 4) is 17.1 Å². The van der Waals surface area contributed by atoms with Crippen LogP contribution in [0.15, 0.2) is 30.5 Å². The third-order valence-corrected chi connectivity index (χ3v) is 4.72. The molecule has 0 atom stereocenters. The van der Waals surface area contributed by atoms with Gasteiger partial charge in [0.05, 0.1) is 19.1 Å². The fraction of sp³-hybridized carbons (Fsp3) is 0.222. The highest BCUT2D eigenvalue weighted by Crippen LogP contribution is 2.27. The molecular weight excluding hydrogens is 352 g/mol. The number of imidazole rings is 1. The summed E-state index contributed by atoms with van der Waals surface area (Å²) >= 11 is 1.08. The van der Waals surface area contributed by atoms with E-state index in [2.05, 4.69) is 10.4 Å². The van der Waals surface area contributed by atoms with Crippen molar-refractivity contribution in [3.05, 3.63) is 47.3 Å². The molecular formula is C18H17N4O3S+. The van der Waals surface area contributed by atoms with E-state index in [-0.39, 0.29) is 5.95 Å². The average Bonchev–Trinajstić information content (AvgIpc) is 3.00. The van der Waals surface area contributed by atoms with Gasteiger partial charge in [0.1, 0.15) is 16.8 Å². The minimum absolute atomic E-state index is 0.265. The molecule has 0 fully saturated rings. The predicted octanol–water partition coefficient (Wildman–Crippen LogP) is 3.18.